The number of pyridine rings is 1. The summed E-state index contributed by atoms with van der Waals surface area (Å²) in [6, 6.07) is 12.9. The molecule has 0 bridgehead atoms. The predicted octanol–water partition coefficient (Wildman–Crippen LogP) is 3.50. The van der Waals surface area contributed by atoms with E-state index in [4.69, 9.17) is 4.74 Å². The van der Waals surface area contributed by atoms with Crippen molar-refractivity contribution in [1.82, 2.24) is 19.5 Å². The highest BCUT2D eigenvalue weighted by Gasteiger charge is 2.27. The third-order valence-corrected chi connectivity index (χ3v) is 5.54. The molecule has 3 aromatic rings. The smallest absolute Gasteiger partial charge is 0.222 e. The normalized spacial score (nSPS) is 16.6. The standard InChI is InChI=1S/C23H26N4O3/c1-17(28)18-9-11-20(12-10-18)30-15-5-8-22(29)26-13-4-6-19(16-26)23-25-24-21-7-2-3-14-27(21)23/h2-3,7,9-12,14,19H,4-6,8,13,15-16H2,1H3. The van der Waals surface area contributed by atoms with Crippen LogP contribution < -0.4 is 4.74 Å². The SMILES string of the molecule is CC(=O)c1ccc(OCCCC(=O)N2CCCC(c3nnc4ccccn34)C2)cc1. The van der Waals surface area contributed by atoms with Crippen molar-refractivity contribution in [3.63, 3.8) is 0 Å². The highest BCUT2D eigenvalue weighted by atomic mass is 16.5. The third-order valence-electron chi connectivity index (χ3n) is 5.54. The number of carbonyl (C=O) groups excluding carboxylic acids is 2. The molecule has 1 fully saturated rings. The van der Waals surface area contributed by atoms with E-state index in [9.17, 15) is 9.59 Å². The zero-order valence-electron chi connectivity index (χ0n) is 17.2. The van der Waals surface area contributed by atoms with Crippen molar-refractivity contribution in [2.75, 3.05) is 19.7 Å². The van der Waals surface area contributed by atoms with Gasteiger partial charge in [-0.15, -0.1) is 10.2 Å². The molecule has 1 atom stereocenters. The van der Waals surface area contributed by atoms with E-state index in [1.807, 2.05) is 33.7 Å². The second kappa shape index (κ2) is 9.07. The largest absolute Gasteiger partial charge is 0.494 e. The quantitative estimate of drug-likeness (QED) is 0.443. The lowest BCUT2D eigenvalue weighted by molar-refractivity contribution is -0.132. The summed E-state index contributed by atoms with van der Waals surface area (Å²) in [5.74, 6) is 2.04. The highest BCUT2D eigenvalue weighted by molar-refractivity contribution is 5.94. The van der Waals surface area contributed by atoms with E-state index < -0.39 is 0 Å². The number of ketones is 1. The van der Waals surface area contributed by atoms with Crippen molar-refractivity contribution in [3.8, 4) is 5.75 Å². The van der Waals surface area contributed by atoms with Gasteiger partial charge in [0.15, 0.2) is 11.4 Å². The third kappa shape index (κ3) is 4.50. The van der Waals surface area contributed by atoms with Gasteiger partial charge in [-0.1, -0.05) is 6.07 Å². The number of carbonyl (C=O) groups is 2. The van der Waals surface area contributed by atoms with Gasteiger partial charge in [0.25, 0.3) is 0 Å². The molecule has 30 heavy (non-hydrogen) atoms. The molecule has 7 heteroatoms. The van der Waals surface area contributed by atoms with Crippen LogP contribution in [0.15, 0.2) is 48.7 Å². The number of fused-ring (bicyclic) bond motifs is 1. The van der Waals surface area contributed by atoms with E-state index in [0.717, 1.165) is 30.9 Å². The van der Waals surface area contributed by atoms with E-state index in [1.165, 1.54) is 6.92 Å². The molecule has 1 aliphatic heterocycles. The topological polar surface area (TPSA) is 76.8 Å². The molecule has 4 rings (SSSR count). The van der Waals surface area contributed by atoms with Crippen molar-refractivity contribution >= 4 is 17.3 Å². The Hall–Kier alpha value is -3.22. The molecule has 1 aromatic carbocycles. The van der Waals surface area contributed by atoms with Gasteiger partial charge in [-0.2, -0.15) is 0 Å². The van der Waals surface area contributed by atoms with Crippen LogP contribution in [0, 0.1) is 0 Å². The Morgan fingerprint density at radius 2 is 1.97 bits per heavy atom. The Morgan fingerprint density at radius 1 is 1.13 bits per heavy atom. The summed E-state index contributed by atoms with van der Waals surface area (Å²) in [7, 11) is 0. The second-order valence-electron chi connectivity index (χ2n) is 7.70. The molecule has 1 unspecified atom stereocenters. The van der Waals surface area contributed by atoms with Gasteiger partial charge in [0.1, 0.15) is 11.6 Å². The zero-order valence-corrected chi connectivity index (χ0v) is 17.2. The van der Waals surface area contributed by atoms with E-state index in [-0.39, 0.29) is 17.6 Å². The lowest BCUT2D eigenvalue weighted by Gasteiger charge is -2.32. The summed E-state index contributed by atoms with van der Waals surface area (Å²) in [4.78, 5) is 26.0. The first kappa shape index (κ1) is 20.1. The summed E-state index contributed by atoms with van der Waals surface area (Å²) in [5.41, 5.74) is 1.50. The second-order valence-corrected chi connectivity index (χ2v) is 7.70. The van der Waals surface area contributed by atoms with Crippen LogP contribution in [0.1, 0.15) is 54.7 Å². The summed E-state index contributed by atoms with van der Waals surface area (Å²) in [6.45, 7) is 3.48. The summed E-state index contributed by atoms with van der Waals surface area (Å²) in [6.07, 6.45) is 5.07. The van der Waals surface area contributed by atoms with Crippen molar-refractivity contribution in [2.45, 2.75) is 38.5 Å². The van der Waals surface area contributed by atoms with E-state index >= 15 is 0 Å². The average Bonchev–Trinajstić information content (AvgIpc) is 3.21. The summed E-state index contributed by atoms with van der Waals surface area (Å²) >= 11 is 0. The molecule has 0 N–H and O–H groups in total. The summed E-state index contributed by atoms with van der Waals surface area (Å²) in [5, 5.41) is 8.62. The van der Waals surface area contributed by atoms with E-state index in [1.54, 1.807) is 24.3 Å². The molecule has 0 saturated carbocycles. The van der Waals surface area contributed by atoms with Crippen LogP contribution in [0.3, 0.4) is 0 Å². The minimum Gasteiger partial charge on any atom is -0.494 e. The van der Waals surface area contributed by atoms with Gasteiger partial charge >= 0.3 is 0 Å². The lowest BCUT2D eigenvalue weighted by atomic mass is 9.97. The fourth-order valence-corrected chi connectivity index (χ4v) is 3.91. The molecule has 1 aliphatic rings. The molecule has 156 valence electrons. The van der Waals surface area contributed by atoms with Gasteiger partial charge in [-0.05, 0) is 62.6 Å². The molecule has 7 nitrogen and oxygen atoms in total. The fourth-order valence-electron chi connectivity index (χ4n) is 3.91. The molecule has 1 amide bonds. The number of hydrogen-bond acceptors (Lipinski definition) is 5. The van der Waals surface area contributed by atoms with Crippen LogP contribution in [-0.2, 0) is 4.79 Å². The lowest BCUT2D eigenvalue weighted by Crippen LogP contribution is -2.39. The van der Waals surface area contributed by atoms with Gasteiger partial charge in [0.2, 0.25) is 5.91 Å². The molecular formula is C23H26N4O3. The van der Waals surface area contributed by atoms with Crippen LogP contribution in [-0.4, -0.2) is 50.9 Å². The number of nitrogens with zero attached hydrogens (tertiary/aromatic N) is 4. The Morgan fingerprint density at radius 3 is 2.77 bits per heavy atom. The van der Waals surface area contributed by atoms with Crippen molar-refractivity contribution < 1.29 is 14.3 Å². The Balaban J connectivity index is 1.27. The Labute approximate surface area is 175 Å². The van der Waals surface area contributed by atoms with Crippen LogP contribution in [0.5, 0.6) is 5.75 Å². The van der Waals surface area contributed by atoms with Gasteiger partial charge < -0.3 is 9.64 Å². The van der Waals surface area contributed by atoms with Gasteiger partial charge in [0.05, 0.1) is 6.61 Å². The zero-order chi connectivity index (χ0) is 20.9. The number of ether oxygens (including phenoxy) is 1. The first-order valence-electron chi connectivity index (χ1n) is 10.4. The predicted molar refractivity (Wildman–Crippen MR) is 113 cm³/mol. The Bertz CT molecular complexity index is 1030. The molecule has 0 spiro atoms. The molecule has 0 radical (unpaired) electrons. The van der Waals surface area contributed by atoms with Gasteiger partial charge in [-0.3, -0.25) is 14.0 Å². The van der Waals surface area contributed by atoms with E-state index in [0.29, 0.717) is 37.3 Å². The molecule has 1 saturated heterocycles. The number of amides is 1. The van der Waals surface area contributed by atoms with Crippen molar-refractivity contribution in [3.05, 3.63) is 60.0 Å². The minimum absolute atomic E-state index is 0.0334. The number of rotatable bonds is 7. The van der Waals surface area contributed by atoms with Crippen molar-refractivity contribution in [2.24, 2.45) is 0 Å². The maximum atomic E-state index is 12.7. The number of benzene rings is 1. The molecular weight excluding hydrogens is 380 g/mol. The van der Waals surface area contributed by atoms with Crippen LogP contribution in [0.25, 0.3) is 5.65 Å². The average molecular weight is 406 g/mol. The first-order chi connectivity index (χ1) is 14.6. The first-order valence-corrected chi connectivity index (χ1v) is 10.4. The van der Waals surface area contributed by atoms with E-state index in [2.05, 4.69) is 10.2 Å². The minimum atomic E-state index is 0.0334. The fraction of sp³-hybridized carbons (Fsp3) is 0.391. The number of aromatic nitrogens is 3. The number of piperidine rings is 1. The van der Waals surface area contributed by atoms with Crippen molar-refractivity contribution in [1.29, 1.82) is 0 Å². The number of hydrogen-bond donors (Lipinski definition) is 0. The summed E-state index contributed by atoms with van der Waals surface area (Å²) < 4.78 is 7.72. The number of Topliss-reactive ketones (excluding diaryl/α,β-unsaturated/α-hetero) is 1. The maximum absolute atomic E-state index is 12.7. The monoisotopic (exact) mass is 406 g/mol. The van der Waals surface area contributed by atoms with Crippen LogP contribution in [0.2, 0.25) is 0 Å². The molecule has 2 aromatic heterocycles. The van der Waals surface area contributed by atoms with Gasteiger partial charge in [0, 0.05) is 37.2 Å². The molecule has 3 heterocycles. The van der Waals surface area contributed by atoms with Crippen LogP contribution >= 0.6 is 0 Å². The van der Waals surface area contributed by atoms with Crippen LogP contribution in [0.4, 0.5) is 0 Å². The molecule has 0 aliphatic carbocycles. The maximum Gasteiger partial charge on any atom is 0.222 e. The van der Waals surface area contributed by atoms with Gasteiger partial charge in [-0.25, -0.2) is 0 Å². The number of likely N-dealkylation sites (tertiary alicyclic amines) is 1. The Kier molecular flexibility index (Phi) is 6.07. The highest BCUT2D eigenvalue weighted by Crippen LogP contribution is 2.26.